The van der Waals surface area contributed by atoms with Gasteiger partial charge in [-0.3, -0.25) is 9.63 Å². The van der Waals surface area contributed by atoms with Gasteiger partial charge in [-0.15, -0.1) is 0 Å². The Balaban J connectivity index is 1.97. The van der Waals surface area contributed by atoms with Crippen LogP contribution in [0.4, 0.5) is 0 Å². The molecule has 0 unspecified atom stereocenters. The van der Waals surface area contributed by atoms with Crippen LogP contribution in [0.3, 0.4) is 0 Å². The Labute approximate surface area is 130 Å². The number of sulfonamides is 1. The molecule has 1 fully saturated rings. The average Bonchev–Trinajstić information content (AvgIpc) is 3.04. The second-order valence-electron chi connectivity index (χ2n) is 4.88. The van der Waals surface area contributed by atoms with Gasteiger partial charge in [-0.2, -0.15) is 0 Å². The summed E-state index contributed by atoms with van der Waals surface area (Å²) in [7, 11) is -3.60. The fourth-order valence-corrected chi connectivity index (χ4v) is 3.14. The molecule has 2 N–H and O–H groups in total. The van der Waals surface area contributed by atoms with Crippen LogP contribution in [-0.2, 0) is 19.6 Å². The molecule has 7 nitrogen and oxygen atoms in total. The van der Waals surface area contributed by atoms with Gasteiger partial charge in [0.1, 0.15) is 0 Å². The molecular formula is C14H20N2O5S. The standard InChI is InChI=1S/C14H20N2O5S/c1-2-21-16-14(17)11-5-7-13(8-6-11)22(18,19)15-10-12-4-3-9-20-12/h5-8,12,15H,2-4,9-10H2,1H3,(H,16,17)/t12-/m1/s1. The molecule has 1 amide bonds. The van der Waals surface area contributed by atoms with Gasteiger partial charge >= 0.3 is 0 Å². The van der Waals surface area contributed by atoms with Gasteiger partial charge in [0.25, 0.3) is 5.91 Å². The molecular weight excluding hydrogens is 308 g/mol. The van der Waals surface area contributed by atoms with Crippen LogP contribution in [0.25, 0.3) is 0 Å². The van der Waals surface area contributed by atoms with Crippen LogP contribution in [0.15, 0.2) is 29.2 Å². The number of amides is 1. The highest BCUT2D eigenvalue weighted by Crippen LogP contribution is 2.14. The van der Waals surface area contributed by atoms with Gasteiger partial charge in [0.15, 0.2) is 0 Å². The lowest BCUT2D eigenvalue weighted by atomic mass is 10.2. The first-order valence-electron chi connectivity index (χ1n) is 7.16. The quantitative estimate of drug-likeness (QED) is 0.723. The molecule has 22 heavy (non-hydrogen) atoms. The lowest BCUT2D eigenvalue weighted by molar-refractivity contribution is 0.0364. The number of rotatable bonds is 7. The first-order valence-corrected chi connectivity index (χ1v) is 8.64. The second-order valence-corrected chi connectivity index (χ2v) is 6.64. The van der Waals surface area contributed by atoms with Crippen LogP contribution >= 0.6 is 0 Å². The lowest BCUT2D eigenvalue weighted by Gasteiger charge is -2.11. The number of hydroxylamine groups is 1. The Morgan fingerprint density at radius 1 is 1.36 bits per heavy atom. The Morgan fingerprint density at radius 3 is 2.68 bits per heavy atom. The van der Waals surface area contributed by atoms with Gasteiger partial charge in [0.2, 0.25) is 10.0 Å². The summed E-state index contributed by atoms with van der Waals surface area (Å²) < 4.78 is 32.2. The Bertz CT molecular complexity index is 594. The molecule has 2 rings (SSSR count). The molecule has 1 aliphatic heterocycles. The van der Waals surface area contributed by atoms with Crippen molar-refractivity contribution in [3.63, 3.8) is 0 Å². The predicted molar refractivity (Wildman–Crippen MR) is 79.7 cm³/mol. The SMILES string of the molecule is CCONC(=O)c1ccc(S(=O)(=O)NC[C@H]2CCCO2)cc1. The van der Waals surface area contributed by atoms with E-state index in [0.29, 0.717) is 18.8 Å². The van der Waals surface area contributed by atoms with Gasteiger partial charge < -0.3 is 4.74 Å². The van der Waals surface area contributed by atoms with Gasteiger partial charge in [0, 0.05) is 18.7 Å². The maximum atomic E-state index is 12.2. The topological polar surface area (TPSA) is 93.7 Å². The van der Waals surface area contributed by atoms with E-state index in [2.05, 4.69) is 10.2 Å². The molecule has 0 aliphatic carbocycles. The Hall–Kier alpha value is -1.48. The van der Waals surface area contributed by atoms with E-state index in [0.717, 1.165) is 12.8 Å². The summed E-state index contributed by atoms with van der Waals surface area (Å²) in [4.78, 5) is 16.6. The van der Waals surface area contributed by atoms with Crippen molar-refractivity contribution in [1.82, 2.24) is 10.2 Å². The molecule has 0 aromatic heterocycles. The maximum Gasteiger partial charge on any atom is 0.274 e. The van der Waals surface area contributed by atoms with Crippen molar-refractivity contribution in [1.29, 1.82) is 0 Å². The number of hydrogen-bond acceptors (Lipinski definition) is 5. The molecule has 1 heterocycles. The summed E-state index contributed by atoms with van der Waals surface area (Å²) in [6, 6.07) is 5.65. The van der Waals surface area contributed by atoms with Crippen molar-refractivity contribution in [2.24, 2.45) is 0 Å². The van der Waals surface area contributed by atoms with Crippen molar-refractivity contribution in [3.05, 3.63) is 29.8 Å². The first kappa shape index (κ1) is 16.9. The molecule has 1 aromatic carbocycles. The summed E-state index contributed by atoms with van der Waals surface area (Å²) >= 11 is 0. The van der Waals surface area contributed by atoms with Crippen LogP contribution in [-0.4, -0.2) is 40.2 Å². The summed E-state index contributed by atoms with van der Waals surface area (Å²) in [5, 5.41) is 0. The van der Waals surface area contributed by atoms with Crippen molar-refractivity contribution >= 4 is 15.9 Å². The van der Waals surface area contributed by atoms with Crippen molar-refractivity contribution < 1.29 is 22.8 Å². The van der Waals surface area contributed by atoms with E-state index in [1.54, 1.807) is 6.92 Å². The van der Waals surface area contributed by atoms with E-state index < -0.39 is 15.9 Å². The molecule has 8 heteroatoms. The summed E-state index contributed by atoms with van der Waals surface area (Å²) in [5.41, 5.74) is 2.57. The van der Waals surface area contributed by atoms with Crippen LogP contribution in [0.1, 0.15) is 30.1 Å². The van der Waals surface area contributed by atoms with E-state index in [1.807, 2.05) is 0 Å². The fraction of sp³-hybridized carbons (Fsp3) is 0.500. The number of carbonyl (C=O) groups is 1. The number of hydrogen-bond donors (Lipinski definition) is 2. The third-order valence-corrected chi connectivity index (χ3v) is 4.70. The summed E-state index contributed by atoms with van der Waals surface area (Å²) in [6.07, 6.45) is 1.75. The zero-order valence-electron chi connectivity index (χ0n) is 12.4. The highest BCUT2D eigenvalue weighted by molar-refractivity contribution is 7.89. The van der Waals surface area contributed by atoms with Crippen LogP contribution < -0.4 is 10.2 Å². The van der Waals surface area contributed by atoms with E-state index in [-0.39, 0.29) is 17.5 Å². The first-order chi connectivity index (χ1) is 10.5. The van der Waals surface area contributed by atoms with E-state index in [4.69, 9.17) is 9.57 Å². The zero-order valence-corrected chi connectivity index (χ0v) is 13.2. The van der Waals surface area contributed by atoms with Gasteiger partial charge in [-0.05, 0) is 44.0 Å². The number of benzene rings is 1. The third kappa shape index (κ3) is 4.51. The van der Waals surface area contributed by atoms with Crippen molar-refractivity contribution in [3.8, 4) is 0 Å². The van der Waals surface area contributed by atoms with Crippen molar-refractivity contribution in [2.75, 3.05) is 19.8 Å². The summed E-state index contributed by atoms with van der Waals surface area (Å²) in [5.74, 6) is -0.418. The largest absolute Gasteiger partial charge is 0.377 e. The van der Waals surface area contributed by atoms with Crippen LogP contribution in [0.2, 0.25) is 0 Å². The molecule has 1 aliphatic rings. The minimum Gasteiger partial charge on any atom is -0.377 e. The van der Waals surface area contributed by atoms with E-state index in [1.165, 1.54) is 24.3 Å². The molecule has 0 radical (unpaired) electrons. The van der Waals surface area contributed by atoms with Gasteiger partial charge in [-0.25, -0.2) is 18.6 Å². The minimum atomic E-state index is -3.60. The second kappa shape index (κ2) is 7.68. The van der Waals surface area contributed by atoms with Gasteiger partial charge in [0.05, 0.1) is 17.6 Å². The number of carbonyl (C=O) groups excluding carboxylic acids is 1. The third-order valence-electron chi connectivity index (χ3n) is 3.26. The Kier molecular flexibility index (Phi) is 5.90. The molecule has 1 aromatic rings. The zero-order chi connectivity index (χ0) is 16.0. The number of nitrogens with one attached hydrogen (secondary N) is 2. The summed E-state index contributed by atoms with van der Waals surface area (Å²) in [6.45, 7) is 3.03. The minimum absolute atomic E-state index is 0.0639. The maximum absolute atomic E-state index is 12.2. The van der Waals surface area contributed by atoms with Gasteiger partial charge in [-0.1, -0.05) is 0 Å². The molecule has 1 saturated heterocycles. The molecule has 0 bridgehead atoms. The smallest absolute Gasteiger partial charge is 0.274 e. The van der Waals surface area contributed by atoms with E-state index >= 15 is 0 Å². The predicted octanol–water partition coefficient (Wildman–Crippen LogP) is 0.825. The van der Waals surface area contributed by atoms with E-state index in [9.17, 15) is 13.2 Å². The number of ether oxygens (including phenoxy) is 1. The fourth-order valence-electron chi connectivity index (χ4n) is 2.07. The normalized spacial score (nSPS) is 18.3. The van der Waals surface area contributed by atoms with Crippen LogP contribution in [0, 0.1) is 0 Å². The highest BCUT2D eigenvalue weighted by Gasteiger charge is 2.20. The highest BCUT2D eigenvalue weighted by atomic mass is 32.2. The molecule has 0 spiro atoms. The lowest BCUT2D eigenvalue weighted by Crippen LogP contribution is -2.31. The van der Waals surface area contributed by atoms with Crippen LogP contribution in [0.5, 0.6) is 0 Å². The molecule has 122 valence electrons. The molecule has 1 atom stereocenters. The monoisotopic (exact) mass is 328 g/mol. The Morgan fingerprint density at radius 2 is 2.09 bits per heavy atom. The average molecular weight is 328 g/mol. The van der Waals surface area contributed by atoms with Crippen molar-refractivity contribution in [2.45, 2.75) is 30.8 Å². The molecule has 0 saturated carbocycles.